The number of methoxy groups -OCH3 is 1. The number of hydrogen-bond acceptors (Lipinski definition) is 6. The van der Waals surface area contributed by atoms with E-state index in [2.05, 4.69) is 75.7 Å². The fraction of sp³-hybridized carbons (Fsp3) is 0.385. The first-order chi connectivity index (χ1) is 16.0. The number of hydrogen-bond donors (Lipinski definition) is 0. The van der Waals surface area contributed by atoms with Crippen molar-refractivity contribution in [2.45, 2.75) is 33.2 Å². The summed E-state index contributed by atoms with van der Waals surface area (Å²) in [6, 6.07) is 10.2. The minimum absolute atomic E-state index is 0.351. The van der Waals surface area contributed by atoms with Gasteiger partial charge in [0.2, 0.25) is 5.95 Å². The Bertz CT molecular complexity index is 1140. The summed E-state index contributed by atoms with van der Waals surface area (Å²) in [5.41, 5.74) is 8.60. The van der Waals surface area contributed by atoms with Gasteiger partial charge in [-0.3, -0.25) is 4.68 Å². The molecule has 1 saturated heterocycles. The minimum Gasteiger partial charge on any atom is -0.496 e. The highest BCUT2D eigenvalue weighted by Crippen LogP contribution is 2.28. The lowest BCUT2D eigenvalue weighted by Crippen LogP contribution is -2.47. The van der Waals surface area contributed by atoms with Gasteiger partial charge in [-0.2, -0.15) is 5.10 Å². The molecule has 33 heavy (non-hydrogen) atoms. The lowest BCUT2D eigenvalue weighted by Gasteiger charge is -2.36. The van der Waals surface area contributed by atoms with Gasteiger partial charge in [0.05, 0.1) is 25.0 Å². The molecule has 7 heteroatoms. The first-order valence-electron chi connectivity index (χ1n) is 11.4. The minimum atomic E-state index is 0.351. The third-order valence-electron chi connectivity index (χ3n) is 6.09. The number of allylic oxidation sites excluding steroid dienone is 1. The number of benzene rings is 1. The van der Waals surface area contributed by atoms with Crippen molar-refractivity contribution in [1.29, 1.82) is 0 Å². The van der Waals surface area contributed by atoms with Gasteiger partial charge in [-0.15, -0.1) is 5.73 Å². The van der Waals surface area contributed by atoms with Crippen LogP contribution in [0.15, 0.2) is 60.7 Å². The van der Waals surface area contributed by atoms with E-state index >= 15 is 0 Å². The van der Waals surface area contributed by atoms with Crippen LogP contribution in [0.5, 0.6) is 5.75 Å². The van der Waals surface area contributed by atoms with Gasteiger partial charge >= 0.3 is 0 Å². The van der Waals surface area contributed by atoms with E-state index in [0.717, 1.165) is 60.4 Å². The molecule has 3 aromatic rings. The summed E-state index contributed by atoms with van der Waals surface area (Å²) < 4.78 is 7.51. The van der Waals surface area contributed by atoms with Crippen LogP contribution in [0.2, 0.25) is 0 Å². The Labute approximate surface area is 196 Å². The first kappa shape index (κ1) is 22.6. The standard InChI is InChI=1S/C26H32N6O/c1-6-22(30-12-14-31(15-13-30)26-27-10-7-11-28-26)18-32-24(19(2)3)17-23(29-32)21-8-9-25(33-5)20(4)16-21/h7-11,16-17,19H,1,12-15,18H2,2-5H3. The third-order valence-corrected chi connectivity index (χ3v) is 6.09. The van der Waals surface area contributed by atoms with Gasteiger partial charge in [0, 0.05) is 49.8 Å². The molecule has 0 spiro atoms. The molecule has 2 aromatic heterocycles. The van der Waals surface area contributed by atoms with Crippen molar-refractivity contribution < 1.29 is 4.74 Å². The zero-order chi connectivity index (χ0) is 23.4. The topological polar surface area (TPSA) is 59.3 Å². The molecule has 172 valence electrons. The largest absolute Gasteiger partial charge is 0.496 e. The molecule has 0 N–H and O–H groups in total. The van der Waals surface area contributed by atoms with Gasteiger partial charge < -0.3 is 14.5 Å². The van der Waals surface area contributed by atoms with Crippen molar-refractivity contribution in [3.05, 3.63) is 72.0 Å². The van der Waals surface area contributed by atoms with Gasteiger partial charge in [0.25, 0.3) is 0 Å². The third kappa shape index (κ3) is 4.94. The molecule has 0 atom stereocenters. The van der Waals surface area contributed by atoms with Gasteiger partial charge in [-0.05, 0) is 48.7 Å². The van der Waals surface area contributed by atoms with Crippen LogP contribution in [0, 0.1) is 6.92 Å². The predicted octanol–water partition coefficient (Wildman–Crippen LogP) is 4.27. The summed E-state index contributed by atoms with van der Waals surface area (Å²) in [7, 11) is 1.70. The van der Waals surface area contributed by atoms with E-state index in [1.165, 1.54) is 5.69 Å². The van der Waals surface area contributed by atoms with Crippen LogP contribution in [0.4, 0.5) is 5.95 Å². The maximum Gasteiger partial charge on any atom is 0.225 e. The van der Waals surface area contributed by atoms with E-state index in [0.29, 0.717) is 12.5 Å². The molecule has 0 saturated carbocycles. The van der Waals surface area contributed by atoms with Crippen LogP contribution in [0.3, 0.4) is 0 Å². The average molecular weight is 445 g/mol. The summed E-state index contributed by atoms with van der Waals surface area (Å²) in [4.78, 5) is 13.3. The Kier molecular flexibility index (Phi) is 6.80. The Balaban J connectivity index is 1.51. The van der Waals surface area contributed by atoms with Crippen LogP contribution in [-0.2, 0) is 6.54 Å². The quantitative estimate of drug-likeness (QED) is 0.507. The van der Waals surface area contributed by atoms with Gasteiger partial charge in [-0.25, -0.2) is 9.97 Å². The highest BCUT2D eigenvalue weighted by atomic mass is 16.5. The van der Waals surface area contributed by atoms with Crippen molar-refractivity contribution >= 4 is 5.95 Å². The van der Waals surface area contributed by atoms with Crippen molar-refractivity contribution in [3.63, 3.8) is 0 Å². The van der Waals surface area contributed by atoms with Crippen molar-refractivity contribution in [2.24, 2.45) is 0 Å². The Morgan fingerprint density at radius 1 is 1.12 bits per heavy atom. The molecule has 0 unspecified atom stereocenters. The molecule has 4 rings (SSSR count). The second-order valence-electron chi connectivity index (χ2n) is 8.60. The van der Waals surface area contributed by atoms with Gasteiger partial charge in [-0.1, -0.05) is 20.4 Å². The normalized spacial score (nSPS) is 13.8. The van der Waals surface area contributed by atoms with E-state index in [9.17, 15) is 0 Å². The molecular formula is C26H32N6O. The highest BCUT2D eigenvalue weighted by Gasteiger charge is 2.22. The molecule has 0 aliphatic carbocycles. The molecule has 0 bridgehead atoms. The Hall–Kier alpha value is -3.57. The molecule has 7 nitrogen and oxygen atoms in total. The maximum atomic E-state index is 5.41. The molecule has 1 aromatic carbocycles. The zero-order valence-electron chi connectivity index (χ0n) is 20.0. The van der Waals surface area contributed by atoms with E-state index in [1.807, 2.05) is 12.1 Å². The SMILES string of the molecule is C=C=C(Cn1nc(-c2ccc(OC)c(C)c2)cc1C(C)C)N1CCN(c2ncccn2)CC1. The fourth-order valence-corrected chi connectivity index (χ4v) is 4.24. The van der Waals surface area contributed by atoms with Crippen LogP contribution in [0.1, 0.15) is 31.0 Å². The molecule has 1 aliphatic rings. The van der Waals surface area contributed by atoms with Crippen LogP contribution >= 0.6 is 0 Å². The lowest BCUT2D eigenvalue weighted by atomic mass is 10.1. The predicted molar refractivity (Wildman–Crippen MR) is 132 cm³/mol. The molecule has 0 amide bonds. The van der Waals surface area contributed by atoms with Crippen molar-refractivity contribution in [1.82, 2.24) is 24.6 Å². The summed E-state index contributed by atoms with van der Waals surface area (Å²) in [6.07, 6.45) is 3.58. The monoisotopic (exact) mass is 444 g/mol. The van der Waals surface area contributed by atoms with E-state index < -0.39 is 0 Å². The fourth-order valence-electron chi connectivity index (χ4n) is 4.24. The summed E-state index contributed by atoms with van der Waals surface area (Å²) in [5, 5.41) is 4.97. The number of rotatable bonds is 7. The number of aromatic nitrogens is 4. The number of piperazine rings is 1. The highest BCUT2D eigenvalue weighted by molar-refractivity contribution is 5.62. The average Bonchev–Trinajstić information content (AvgIpc) is 3.27. The number of anilines is 1. The van der Waals surface area contributed by atoms with Crippen molar-refractivity contribution in [2.75, 3.05) is 38.2 Å². The molecule has 1 aliphatic heterocycles. The Morgan fingerprint density at radius 2 is 1.85 bits per heavy atom. The van der Waals surface area contributed by atoms with Gasteiger partial charge in [0.15, 0.2) is 0 Å². The number of ether oxygens (including phenoxy) is 1. The molecular weight excluding hydrogens is 412 g/mol. The second kappa shape index (κ2) is 9.92. The van der Waals surface area contributed by atoms with E-state index in [4.69, 9.17) is 9.84 Å². The van der Waals surface area contributed by atoms with Crippen LogP contribution in [-0.4, -0.2) is 57.9 Å². The summed E-state index contributed by atoms with van der Waals surface area (Å²) >= 11 is 0. The molecule has 0 radical (unpaired) electrons. The van der Waals surface area contributed by atoms with Gasteiger partial charge in [0.1, 0.15) is 5.75 Å². The van der Waals surface area contributed by atoms with E-state index in [1.54, 1.807) is 19.5 Å². The summed E-state index contributed by atoms with van der Waals surface area (Å²) in [5.74, 6) is 2.03. The first-order valence-corrected chi connectivity index (χ1v) is 11.4. The van der Waals surface area contributed by atoms with Crippen LogP contribution < -0.4 is 9.64 Å². The van der Waals surface area contributed by atoms with Crippen LogP contribution in [0.25, 0.3) is 11.3 Å². The summed E-state index contributed by atoms with van der Waals surface area (Å²) in [6.45, 7) is 14.6. The number of nitrogens with zero attached hydrogens (tertiary/aromatic N) is 6. The Morgan fingerprint density at radius 3 is 2.45 bits per heavy atom. The molecule has 3 heterocycles. The second-order valence-corrected chi connectivity index (χ2v) is 8.60. The molecule has 1 fully saturated rings. The smallest absolute Gasteiger partial charge is 0.225 e. The number of aryl methyl sites for hydroxylation is 1. The zero-order valence-corrected chi connectivity index (χ0v) is 20.0. The lowest BCUT2D eigenvalue weighted by molar-refractivity contribution is 0.300. The van der Waals surface area contributed by atoms with E-state index in [-0.39, 0.29) is 0 Å². The maximum absolute atomic E-state index is 5.41. The van der Waals surface area contributed by atoms with Crippen molar-refractivity contribution in [3.8, 4) is 17.0 Å².